The van der Waals surface area contributed by atoms with Crippen LogP contribution in [0.4, 0.5) is 0 Å². The van der Waals surface area contributed by atoms with Gasteiger partial charge in [0, 0.05) is 32.2 Å². The lowest BCUT2D eigenvalue weighted by Gasteiger charge is -2.38. The fraction of sp³-hybridized carbons (Fsp3) is 0.667. The second kappa shape index (κ2) is 7.34. The van der Waals surface area contributed by atoms with Gasteiger partial charge in [-0.1, -0.05) is 18.9 Å². The summed E-state index contributed by atoms with van der Waals surface area (Å²) in [6.45, 7) is 6.88. The van der Waals surface area contributed by atoms with Crippen LogP contribution in [0.15, 0.2) is 18.2 Å². The number of nitrogens with one attached hydrogen (secondary N) is 1. The number of ether oxygens (including phenoxy) is 1. The van der Waals surface area contributed by atoms with Crippen molar-refractivity contribution in [3.63, 3.8) is 0 Å². The van der Waals surface area contributed by atoms with E-state index in [-0.39, 0.29) is 5.75 Å². The summed E-state index contributed by atoms with van der Waals surface area (Å²) in [5.74, 6) is 1.60. The Morgan fingerprint density at radius 2 is 2.00 bits per heavy atom. The zero-order valence-corrected chi connectivity index (χ0v) is 13.6. The minimum atomic E-state index is 0.246. The molecule has 1 atom stereocenters. The molecular formula is C18H28N2O2. The average molecular weight is 304 g/mol. The molecule has 2 fully saturated rings. The molecule has 22 heavy (non-hydrogen) atoms. The fourth-order valence-corrected chi connectivity index (χ4v) is 4.00. The van der Waals surface area contributed by atoms with Crippen molar-refractivity contribution in [1.82, 2.24) is 10.2 Å². The van der Waals surface area contributed by atoms with E-state index in [0.29, 0.717) is 18.4 Å². The number of aromatic hydroxyl groups is 1. The normalized spacial score (nSPS) is 21.9. The zero-order valence-electron chi connectivity index (χ0n) is 13.6. The fourth-order valence-electron chi connectivity index (χ4n) is 4.00. The van der Waals surface area contributed by atoms with Gasteiger partial charge >= 0.3 is 0 Å². The smallest absolute Gasteiger partial charge is 0.161 e. The van der Waals surface area contributed by atoms with Crippen molar-refractivity contribution in [2.24, 2.45) is 5.92 Å². The standard InChI is InChI=1S/C18H28N2O2/c1-2-22-17-13-15(7-8-16(17)21)18(14-5-3-4-6-14)20-11-9-19-10-12-20/h7-8,13-14,18-19,21H,2-6,9-12H2,1H3/t18-/m0/s1. The number of phenolic OH excluding ortho intramolecular Hbond substituents is 1. The third-order valence-corrected chi connectivity index (χ3v) is 5.02. The van der Waals surface area contributed by atoms with Crippen molar-refractivity contribution in [3.05, 3.63) is 23.8 Å². The first-order valence-corrected chi connectivity index (χ1v) is 8.70. The van der Waals surface area contributed by atoms with E-state index in [1.807, 2.05) is 6.92 Å². The molecule has 0 unspecified atom stereocenters. The molecule has 1 heterocycles. The van der Waals surface area contributed by atoms with Gasteiger partial charge in [0.1, 0.15) is 0 Å². The number of phenols is 1. The summed E-state index contributed by atoms with van der Waals surface area (Å²) in [7, 11) is 0. The van der Waals surface area contributed by atoms with Gasteiger partial charge in [0.05, 0.1) is 6.61 Å². The first-order chi connectivity index (χ1) is 10.8. The van der Waals surface area contributed by atoms with Crippen molar-refractivity contribution in [3.8, 4) is 11.5 Å². The van der Waals surface area contributed by atoms with Gasteiger partial charge in [0.15, 0.2) is 11.5 Å². The maximum absolute atomic E-state index is 9.97. The van der Waals surface area contributed by atoms with Crippen molar-refractivity contribution in [1.29, 1.82) is 0 Å². The molecular weight excluding hydrogens is 276 g/mol. The first-order valence-electron chi connectivity index (χ1n) is 8.70. The van der Waals surface area contributed by atoms with Crippen molar-refractivity contribution < 1.29 is 9.84 Å². The summed E-state index contributed by atoms with van der Waals surface area (Å²) in [5, 5.41) is 13.4. The van der Waals surface area contributed by atoms with E-state index in [1.165, 1.54) is 31.2 Å². The summed E-state index contributed by atoms with van der Waals surface area (Å²) in [6, 6.07) is 6.40. The zero-order chi connectivity index (χ0) is 15.4. The van der Waals surface area contributed by atoms with E-state index < -0.39 is 0 Å². The van der Waals surface area contributed by atoms with Crippen LogP contribution < -0.4 is 10.1 Å². The molecule has 1 aromatic carbocycles. The molecule has 0 aromatic heterocycles. The van der Waals surface area contributed by atoms with E-state index in [2.05, 4.69) is 22.3 Å². The van der Waals surface area contributed by atoms with Crippen LogP contribution in [0.5, 0.6) is 11.5 Å². The van der Waals surface area contributed by atoms with Crippen LogP contribution in [-0.2, 0) is 0 Å². The van der Waals surface area contributed by atoms with Gasteiger partial charge < -0.3 is 15.2 Å². The quantitative estimate of drug-likeness (QED) is 0.878. The molecule has 2 N–H and O–H groups in total. The Kier molecular flexibility index (Phi) is 5.21. The molecule has 1 aliphatic carbocycles. The summed E-state index contributed by atoms with van der Waals surface area (Å²) < 4.78 is 5.60. The SMILES string of the molecule is CCOc1cc([C@H](C2CCCC2)N2CCNCC2)ccc1O. The second-order valence-corrected chi connectivity index (χ2v) is 6.44. The number of hydrogen-bond acceptors (Lipinski definition) is 4. The maximum atomic E-state index is 9.97. The molecule has 0 amide bonds. The van der Waals surface area contributed by atoms with Gasteiger partial charge in [-0.05, 0) is 43.4 Å². The lowest BCUT2D eigenvalue weighted by molar-refractivity contribution is 0.125. The highest BCUT2D eigenvalue weighted by molar-refractivity contribution is 5.43. The van der Waals surface area contributed by atoms with Crippen molar-refractivity contribution in [2.45, 2.75) is 38.6 Å². The molecule has 4 heteroatoms. The van der Waals surface area contributed by atoms with E-state index in [0.717, 1.165) is 32.1 Å². The topological polar surface area (TPSA) is 44.7 Å². The second-order valence-electron chi connectivity index (χ2n) is 6.44. The van der Waals surface area contributed by atoms with Gasteiger partial charge in [-0.2, -0.15) is 0 Å². The Hall–Kier alpha value is -1.26. The molecule has 0 bridgehead atoms. The molecule has 2 aliphatic rings. The third-order valence-electron chi connectivity index (χ3n) is 5.02. The van der Waals surface area contributed by atoms with Crippen molar-refractivity contribution in [2.75, 3.05) is 32.8 Å². The van der Waals surface area contributed by atoms with Crippen LogP contribution in [0.3, 0.4) is 0 Å². The highest BCUT2D eigenvalue weighted by Crippen LogP contribution is 2.41. The number of nitrogens with zero attached hydrogens (tertiary/aromatic N) is 1. The predicted octanol–water partition coefficient (Wildman–Crippen LogP) is 2.93. The van der Waals surface area contributed by atoms with E-state index in [9.17, 15) is 5.11 Å². The molecule has 0 radical (unpaired) electrons. The highest BCUT2D eigenvalue weighted by Gasteiger charge is 2.32. The molecule has 1 aromatic rings. The van der Waals surface area contributed by atoms with Crippen LogP contribution in [0, 0.1) is 5.92 Å². The summed E-state index contributed by atoms with van der Waals surface area (Å²) >= 11 is 0. The van der Waals surface area contributed by atoms with Crippen LogP contribution in [0.25, 0.3) is 0 Å². The Morgan fingerprint density at radius 1 is 1.27 bits per heavy atom. The summed E-state index contributed by atoms with van der Waals surface area (Å²) in [4.78, 5) is 2.62. The molecule has 1 saturated heterocycles. The molecule has 1 saturated carbocycles. The average Bonchev–Trinajstić information content (AvgIpc) is 3.06. The lowest BCUT2D eigenvalue weighted by Crippen LogP contribution is -2.46. The minimum Gasteiger partial charge on any atom is -0.504 e. The molecule has 4 nitrogen and oxygen atoms in total. The van der Waals surface area contributed by atoms with Crippen LogP contribution >= 0.6 is 0 Å². The van der Waals surface area contributed by atoms with Crippen molar-refractivity contribution >= 4 is 0 Å². The number of rotatable bonds is 5. The van der Waals surface area contributed by atoms with Gasteiger partial charge in [0.25, 0.3) is 0 Å². The van der Waals surface area contributed by atoms with E-state index in [1.54, 1.807) is 6.07 Å². The Labute approximate surface area is 133 Å². The van der Waals surface area contributed by atoms with Gasteiger partial charge in [-0.15, -0.1) is 0 Å². The molecule has 3 rings (SSSR count). The maximum Gasteiger partial charge on any atom is 0.161 e. The van der Waals surface area contributed by atoms with E-state index >= 15 is 0 Å². The molecule has 1 aliphatic heterocycles. The minimum absolute atomic E-state index is 0.246. The van der Waals surface area contributed by atoms with Gasteiger partial charge in [-0.25, -0.2) is 0 Å². The predicted molar refractivity (Wildman–Crippen MR) is 88.4 cm³/mol. The van der Waals surface area contributed by atoms with Gasteiger partial charge in [0.2, 0.25) is 0 Å². The Bertz CT molecular complexity index is 480. The Balaban J connectivity index is 1.88. The number of piperazine rings is 1. The molecule has 0 spiro atoms. The number of benzene rings is 1. The first kappa shape index (κ1) is 15.6. The number of hydrogen-bond donors (Lipinski definition) is 2. The van der Waals surface area contributed by atoms with Gasteiger partial charge in [-0.3, -0.25) is 4.90 Å². The van der Waals surface area contributed by atoms with Crippen LogP contribution in [-0.4, -0.2) is 42.8 Å². The molecule has 122 valence electrons. The van der Waals surface area contributed by atoms with Crippen LogP contribution in [0.2, 0.25) is 0 Å². The van der Waals surface area contributed by atoms with Crippen LogP contribution in [0.1, 0.15) is 44.2 Å². The monoisotopic (exact) mass is 304 g/mol. The Morgan fingerprint density at radius 3 is 2.68 bits per heavy atom. The summed E-state index contributed by atoms with van der Waals surface area (Å²) in [6.07, 6.45) is 5.34. The highest BCUT2D eigenvalue weighted by atomic mass is 16.5. The summed E-state index contributed by atoms with van der Waals surface area (Å²) in [5.41, 5.74) is 1.30. The third kappa shape index (κ3) is 3.39. The van der Waals surface area contributed by atoms with E-state index in [4.69, 9.17) is 4.74 Å². The lowest BCUT2D eigenvalue weighted by atomic mass is 9.89. The largest absolute Gasteiger partial charge is 0.504 e.